The average molecular weight is 352 g/mol. The lowest BCUT2D eigenvalue weighted by Crippen LogP contribution is -2.09. The van der Waals surface area contributed by atoms with Gasteiger partial charge in [0.05, 0.1) is 11.1 Å². The molecule has 0 atom stereocenters. The zero-order valence-corrected chi connectivity index (χ0v) is 14.7. The van der Waals surface area contributed by atoms with Gasteiger partial charge in [-0.2, -0.15) is 0 Å². The van der Waals surface area contributed by atoms with Crippen LogP contribution in [0.15, 0.2) is 33.5 Å². The maximum Gasteiger partial charge on any atom is 0.260 e. The standard InChI is InChI=1S/C19H16N2OS2/c1-2-9-23-19-20-17(22)16-15(11-24-18(16)21-19)14-8-7-12-5-3-4-6-13(12)10-14/h1,7-8,10-11H,3-6,9H2,(H,20,21,22). The molecule has 4 rings (SSSR count). The van der Waals surface area contributed by atoms with Crippen molar-refractivity contribution in [2.24, 2.45) is 0 Å². The highest BCUT2D eigenvalue weighted by Crippen LogP contribution is 2.34. The van der Waals surface area contributed by atoms with Crippen LogP contribution < -0.4 is 5.56 Å². The number of aromatic nitrogens is 2. The van der Waals surface area contributed by atoms with E-state index in [1.54, 1.807) is 0 Å². The van der Waals surface area contributed by atoms with Crippen LogP contribution in [0.1, 0.15) is 24.0 Å². The Morgan fingerprint density at radius 2 is 2.12 bits per heavy atom. The Kier molecular flexibility index (Phi) is 4.17. The van der Waals surface area contributed by atoms with E-state index >= 15 is 0 Å². The number of aromatic amines is 1. The van der Waals surface area contributed by atoms with Gasteiger partial charge < -0.3 is 4.98 Å². The van der Waals surface area contributed by atoms with Crippen LogP contribution in [0.5, 0.6) is 0 Å². The number of hydrogen-bond donors (Lipinski definition) is 1. The molecule has 0 fully saturated rings. The first-order valence-corrected chi connectivity index (χ1v) is 9.83. The van der Waals surface area contributed by atoms with Crippen molar-refractivity contribution in [2.45, 2.75) is 30.8 Å². The Hall–Kier alpha value is -2.03. The average Bonchev–Trinajstić information content (AvgIpc) is 3.04. The van der Waals surface area contributed by atoms with Crippen molar-refractivity contribution in [3.63, 3.8) is 0 Å². The fraction of sp³-hybridized carbons (Fsp3) is 0.263. The molecule has 0 saturated carbocycles. The fourth-order valence-electron chi connectivity index (χ4n) is 3.22. The molecule has 2 aromatic heterocycles. The predicted molar refractivity (Wildman–Crippen MR) is 102 cm³/mol. The van der Waals surface area contributed by atoms with Crippen LogP contribution in [0, 0.1) is 12.3 Å². The van der Waals surface area contributed by atoms with Gasteiger partial charge in [-0.05, 0) is 42.4 Å². The van der Waals surface area contributed by atoms with Crippen LogP contribution >= 0.6 is 23.1 Å². The Morgan fingerprint density at radius 1 is 1.29 bits per heavy atom. The number of thioether (sulfide) groups is 1. The second kappa shape index (κ2) is 6.46. The monoisotopic (exact) mass is 352 g/mol. The molecule has 3 nitrogen and oxygen atoms in total. The van der Waals surface area contributed by atoms with E-state index in [0.29, 0.717) is 16.3 Å². The summed E-state index contributed by atoms with van der Waals surface area (Å²) >= 11 is 2.89. The predicted octanol–water partition coefficient (Wildman–Crippen LogP) is 4.26. The molecular formula is C19H16N2OS2. The summed E-state index contributed by atoms with van der Waals surface area (Å²) in [5, 5.41) is 3.30. The Balaban J connectivity index is 1.80. The number of aryl methyl sites for hydroxylation is 2. The second-order valence-electron chi connectivity index (χ2n) is 5.88. The van der Waals surface area contributed by atoms with Crippen molar-refractivity contribution < 1.29 is 0 Å². The molecule has 3 aromatic rings. The third-order valence-corrected chi connectivity index (χ3v) is 6.02. The number of nitrogens with one attached hydrogen (secondary N) is 1. The van der Waals surface area contributed by atoms with Crippen LogP contribution in [-0.2, 0) is 12.8 Å². The normalized spacial score (nSPS) is 13.6. The molecular weight excluding hydrogens is 336 g/mol. The Morgan fingerprint density at radius 3 is 2.96 bits per heavy atom. The maximum absolute atomic E-state index is 12.6. The van der Waals surface area contributed by atoms with Gasteiger partial charge in [-0.3, -0.25) is 4.79 Å². The molecule has 1 aliphatic rings. The van der Waals surface area contributed by atoms with E-state index in [4.69, 9.17) is 6.42 Å². The highest BCUT2D eigenvalue weighted by Gasteiger charge is 2.15. The minimum absolute atomic E-state index is 0.0894. The summed E-state index contributed by atoms with van der Waals surface area (Å²) in [6.45, 7) is 0. The second-order valence-corrected chi connectivity index (χ2v) is 7.71. The van der Waals surface area contributed by atoms with Crippen molar-refractivity contribution in [3.8, 4) is 23.5 Å². The van der Waals surface area contributed by atoms with Crippen molar-refractivity contribution in [3.05, 3.63) is 45.1 Å². The zero-order valence-electron chi connectivity index (χ0n) is 13.1. The number of H-pyrrole nitrogens is 1. The molecule has 2 heterocycles. The molecule has 0 radical (unpaired) electrons. The van der Waals surface area contributed by atoms with Crippen LogP contribution in [0.2, 0.25) is 0 Å². The molecule has 1 aromatic carbocycles. The molecule has 0 saturated heterocycles. The summed E-state index contributed by atoms with van der Waals surface area (Å²) in [7, 11) is 0. The van der Waals surface area contributed by atoms with Crippen LogP contribution in [-0.4, -0.2) is 15.7 Å². The van der Waals surface area contributed by atoms with Gasteiger partial charge in [0.15, 0.2) is 5.16 Å². The minimum atomic E-state index is -0.0894. The van der Waals surface area contributed by atoms with E-state index < -0.39 is 0 Å². The van der Waals surface area contributed by atoms with Gasteiger partial charge >= 0.3 is 0 Å². The summed E-state index contributed by atoms with van der Waals surface area (Å²) in [6, 6.07) is 6.59. The van der Waals surface area contributed by atoms with Crippen LogP contribution in [0.3, 0.4) is 0 Å². The van der Waals surface area contributed by atoms with Crippen LogP contribution in [0.25, 0.3) is 21.3 Å². The first-order valence-electron chi connectivity index (χ1n) is 7.96. The molecule has 0 amide bonds. The van der Waals surface area contributed by atoms with E-state index in [1.807, 2.05) is 5.38 Å². The molecule has 1 N–H and O–H groups in total. The quantitative estimate of drug-likeness (QED) is 0.435. The first-order chi connectivity index (χ1) is 11.8. The molecule has 5 heteroatoms. The molecule has 0 spiro atoms. The summed E-state index contributed by atoms with van der Waals surface area (Å²) in [4.78, 5) is 20.7. The molecule has 1 aliphatic carbocycles. The highest BCUT2D eigenvalue weighted by molar-refractivity contribution is 7.99. The number of nitrogens with zero attached hydrogens (tertiary/aromatic N) is 1. The van der Waals surface area contributed by atoms with E-state index in [2.05, 4.69) is 34.1 Å². The van der Waals surface area contributed by atoms with Crippen LogP contribution in [0.4, 0.5) is 0 Å². The summed E-state index contributed by atoms with van der Waals surface area (Å²) < 4.78 is 0. The van der Waals surface area contributed by atoms with Gasteiger partial charge in [0.1, 0.15) is 4.83 Å². The smallest absolute Gasteiger partial charge is 0.260 e. The van der Waals surface area contributed by atoms with Crippen molar-refractivity contribution >= 4 is 33.3 Å². The molecule has 0 aliphatic heterocycles. The maximum atomic E-state index is 12.6. The van der Waals surface area contributed by atoms with Gasteiger partial charge in [-0.25, -0.2) is 4.98 Å². The van der Waals surface area contributed by atoms with E-state index in [1.165, 1.54) is 47.1 Å². The highest BCUT2D eigenvalue weighted by atomic mass is 32.2. The number of benzene rings is 1. The lowest BCUT2D eigenvalue weighted by molar-refractivity contribution is 0.686. The number of hydrogen-bond acceptors (Lipinski definition) is 4. The van der Waals surface area contributed by atoms with Gasteiger partial charge in [0.2, 0.25) is 0 Å². The lowest BCUT2D eigenvalue weighted by atomic mass is 9.89. The van der Waals surface area contributed by atoms with Crippen molar-refractivity contribution in [1.82, 2.24) is 9.97 Å². The largest absolute Gasteiger partial charge is 0.301 e. The molecule has 24 heavy (non-hydrogen) atoms. The number of terminal acetylenes is 1. The van der Waals surface area contributed by atoms with E-state index in [0.717, 1.165) is 28.8 Å². The van der Waals surface area contributed by atoms with Gasteiger partial charge in [-0.1, -0.05) is 35.9 Å². The number of fused-ring (bicyclic) bond motifs is 2. The van der Waals surface area contributed by atoms with E-state index in [9.17, 15) is 4.79 Å². The molecule has 0 unspecified atom stereocenters. The molecule has 120 valence electrons. The Bertz CT molecular complexity index is 1010. The number of thiophene rings is 1. The Labute approximate surface area is 148 Å². The van der Waals surface area contributed by atoms with Gasteiger partial charge in [0, 0.05) is 10.9 Å². The SMILES string of the molecule is C#CCSc1nc2scc(-c3ccc4c(c3)CCCC4)c2c(=O)[nH]1. The topological polar surface area (TPSA) is 45.8 Å². The lowest BCUT2D eigenvalue weighted by Gasteiger charge is -2.16. The third-order valence-electron chi connectivity index (χ3n) is 4.37. The summed E-state index contributed by atoms with van der Waals surface area (Å²) in [5.74, 6) is 3.05. The van der Waals surface area contributed by atoms with Crippen molar-refractivity contribution in [1.29, 1.82) is 0 Å². The zero-order chi connectivity index (χ0) is 16.5. The minimum Gasteiger partial charge on any atom is -0.301 e. The summed E-state index contributed by atoms with van der Waals surface area (Å²) in [6.07, 6.45) is 10.1. The van der Waals surface area contributed by atoms with E-state index in [-0.39, 0.29) is 5.56 Å². The first kappa shape index (κ1) is 15.5. The van der Waals surface area contributed by atoms with Gasteiger partial charge in [0.25, 0.3) is 5.56 Å². The summed E-state index contributed by atoms with van der Waals surface area (Å²) in [5.41, 5.74) is 4.87. The fourth-order valence-corrected chi connectivity index (χ4v) is 4.77. The van der Waals surface area contributed by atoms with Gasteiger partial charge in [-0.15, -0.1) is 17.8 Å². The molecule has 0 bridgehead atoms. The van der Waals surface area contributed by atoms with Crippen molar-refractivity contribution in [2.75, 3.05) is 5.75 Å². The number of rotatable bonds is 3. The third kappa shape index (κ3) is 2.77.